The van der Waals surface area contributed by atoms with Crippen LogP contribution in [0.15, 0.2) is 24.3 Å². The third-order valence-corrected chi connectivity index (χ3v) is 4.83. The molecule has 0 amide bonds. The lowest BCUT2D eigenvalue weighted by Crippen LogP contribution is -2.43. The van der Waals surface area contributed by atoms with Gasteiger partial charge < -0.3 is 4.90 Å². The van der Waals surface area contributed by atoms with Crippen molar-refractivity contribution in [1.29, 1.82) is 0 Å². The average Bonchev–Trinajstić information content (AvgIpc) is 2.36. The van der Waals surface area contributed by atoms with E-state index >= 15 is 0 Å². The van der Waals surface area contributed by atoms with Crippen LogP contribution in [0.2, 0.25) is 0 Å². The minimum Gasteiger partial charge on any atom is -0.301 e. The third-order valence-electron chi connectivity index (χ3n) is 3.53. The Morgan fingerprint density at radius 1 is 1.32 bits per heavy atom. The normalized spacial score (nSPS) is 19.3. The quantitative estimate of drug-likeness (QED) is 0.787. The molecule has 2 rings (SSSR count). The highest BCUT2D eigenvalue weighted by Crippen LogP contribution is 2.29. The Labute approximate surface area is 120 Å². The topological polar surface area (TPSA) is 20.3 Å². The van der Waals surface area contributed by atoms with Crippen molar-refractivity contribution < 1.29 is 4.79 Å². The number of ketones is 1. The summed E-state index contributed by atoms with van der Waals surface area (Å²) in [7, 11) is 0. The minimum atomic E-state index is 0.260. The molecule has 0 unspecified atom stereocenters. The monoisotopic (exact) mass is 277 g/mol. The van der Waals surface area contributed by atoms with Crippen LogP contribution in [-0.4, -0.2) is 40.8 Å². The molecule has 0 radical (unpaired) electrons. The SMILES string of the molecule is Cc1ccc(C(=O)CCN2CCSC(C)(C)C2)cc1. The predicted octanol–water partition coefficient (Wildman–Crippen LogP) is 3.40. The number of benzene rings is 1. The first-order valence-electron chi connectivity index (χ1n) is 6.92. The van der Waals surface area contributed by atoms with E-state index in [2.05, 4.69) is 18.7 Å². The molecule has 1 aliphatic rings. The second kappa shape index (κ2) is 6.10. The maximum absolute atomic E-state index is 12.1. The number of nitrogens with zero attached hydrogens (tertiary/aromatic N) is 1. The summed E-state index contributed by atoms with van der Waals surface area (Å²) >= 11 is 2.03. The van der Waals surface area contributed by atoms with Crippen molar-refractivity contribution in [2.45, 2.75) is 31.9 Å². The van der Waals surface area contributed by atoms with Gasteiger partial charge in [0.1, 0.15) is 0 Å². The summed E-state index contributed by atoms with van der Waals surface area (Å²) in [4.78, 5) is 14.5. The number of carbonyl (C=O) groups excluding carboxylic acids is 1. The first-order chi connectivity index (χ1) is 8.96. The first kappa shape index (κ1) is 14.6. The Hall–Kier alpha value is -0.800. The van der Waals surface area contributed by atoms with Gasteiger partial charge in [0.2, 0.25) is 0 Å². The lowest BCUT2D eigenvalue weighted by atomic mass is 10.1. The second-order valence-corrected chi connectivity index (χ2v) is 7.73. The van der Waals surface area contributed by atoms with Crippen molar-refractivity contribution in [1.82, 2.24) is 4.90 Å². The fraction of sp³-hybridized carbons (Fsp3) is 0.562. The number of thioether (sulfide) groups is 1. The molecule has 0 spiro atoms. The Morgan fingerprint density at radius 3 is 2.63 bits per heavy atom. The predicted molar refractivity (Wildman–Crippen MR) is 83.1 cm³/mol. The molecule has 1 saturated heterocycles. The number of rotatable bonds is 4. The molecule has 19 heavy (non-hydrogen) atoms. The zero-order chi connectivity index (χ0) is 13.9. The van der Waals surface area contributed by atoms with E-state index in [-0.39, 0.29) is 5.78 Å². The van der Waals surface area contributed by atoms with Gasteiger partial charge in [-0.2, -0.15) is 11.8 Å². The summed E-state index contributed by atoms with van der Waals surface area (Å²) in [5.41, 5.74) is 2.04. The van der Waals surface area contributed by atoms with Crippen LogP contribution < -0.4 is 0 Å². The van der Waals surface area contributed by atoms with Gasteiger partial charge in [0.25, 0.3) is 0 Å². The number of Topliss-reactive ketones (excluding diaryl/α,β-unsaturated/α-hetero) is 1. The fourth-order valence-electron chi connectivity index (χ4n) is 2.45. The van der Waals surface area contributed by atoms with Crippen molar-refractivity contribution in [3.63, 3.8) is 0 Å². The molecule has 0 bridgehead atoms. The number of hydrogen-bond acceptors (Lipinski definition) is 3. The maximum atomic E-state index is 12.1. The number of hydrogen-bond donors (Lipinski definition) is 0. The van der Waals surface area contributed by atoms with Crippen molar-refractivity contribution in [2.75, 3.05) is 25.4 Å². The Balaban J connectivity index is 1.85. The van der Waals surface area contributed by atoms with Crippen molar-refractivity contribution >= 4 is 17.5 Å². The van der Waals surface area contributed by atoms with Crippen molar-refractivity contribution in [3.05, 3.63) is 35.4 Å². The number of carbonyl (C=O) groups is 1. The lowest BCUT2D eigenvalue weighted by molar-refractivity contribution is 0.0962. The van der Waals surface area contributed by atoms with Gasteiger partial charge in [-0.05, 0) is 20.8 Å². The van der Waals surface area contributed by atoms with Crippen LogP contribution in [0.25, 0.3) is 0 Å². The van der Waals surface area contributed by atoms with Crippen molar-refractivity contribution in [2.24, 2.45) is 0 Å². The van der Waals surface area contributed by atoms with Gasteiger partial charge in [0, 0.05) is 42.1 Å². The van der Waals surface area contributed by atoms with Crippen LogP contribution in [-0.2, 0) is 0 Å². The Morgan fingerprint density at radius 2 is 2.00 bits per heavy atom. The fourth-order valence-corrected chi connectivity index (χ4v) is 3.62. The van der Waals surface area contributed by atoms with E-state index in [9.17, 15) is 4.79 Å². The van der Waals surface area contributed by atoms with E-state index in [0.717, 1.165) is 25.2 Å². The Bertz CT molecular complexity index is 439. The molecule has 1 aromatic rings. The molecule has 2 nitrogen and oxygen atoms in total. The molecule has 0 N–H and O–H groups in total. The standard InChI is InChI=1S/C16H23NOS/c1-13-4-6-14(7-5-13)15(18)8-9-17-10-11-19-16(2,3)12-17/h4-7H,8-12H2,1-3H3. The largest absolute Gasteiger partial charge is 0.301 e. The summed E-state index contributed by atoms with van der Waals surface area (Å²) in [5, 5.41) is 0. The maximum Gasteiger partial charge on any atom is 0.164 e. The van der Waals surface area contributed by atoms with Crippen LogP contribution in [0.3, 0.4) is 0 Å². The van der Waals surface area contributed by atoms with Gasteiger partial charge in [-0.1, -0.05) is 29.8 Å². The van der Waals surface area contributed by atoms with E-state index in [4.69, 9.17) is 0 Å². The molecule has 0 aromatic heterocycles. The van der Waals surface area contributed by atoms with Crippen LogP contribution in [0.5, 0.6) is 0 Å². The van der Waals surface area contributed by atoms with Gasteiger partial charge in [-0.3, -0.25) is 4.79 Å². The summed E-state index contributed by atoms with van der Waals surface area (Å²) in [6.07, 6.45) is 0.629. The van der Waals surface area contributed by atoms with Gasteiger partial charge in [0.15, 0.2) is 5.78 Å². The molecular formula is C16H23NOS. The summed E-state index contributed by atoms with van der Waals surface area (Å²) in [5.74, 6) is 1.43. The summed E-state index contributed by atoms with van der Waals surface area (Å²) in [6, 6.07) is 7.89. The molecule has 104 valence electrons. The zero-order valence-corrected chi connectivity index (χ0v) is 12.9. The van der Waals surface area contributed by atoms with Gasteiger partial charge in [-0.15, -0.1) is 0 Å². The van der Waals surface area contributed by atoms with E-state index in [1.807, 2.05) is 43.0 Å². The van der Waals surface area contributed by atoms with Crippen LogP contribution in [0.4, 0.5) is 0 Å². The van der Waals surface area contributed by atoms with Crippen LogP contribution >= 0.6 is 11.8 Å². The molecule has 0 saturated carbocycles. The molecule has 1 heterocycles. The van der Waals surface area contributed by atoms with E-state index in [0.29, 0.717) is 11.2 Å². The summed E-state index contributed by atoms with van der Waals surface area (Å²) < 4.78 is 0.325. The molecule has 0 aliphatic carbocycles. The van der Waals surface area contributed by atoms with Crippen LogP contribution in [0, 0.1) is 6.92 Å². The minimum absolute atomic E-state index is 0.260. The van der Waals surface area contributed by atoms with E-state index < -0.39 is 0 Å². The van der Waals surface area contributed by atoms with Gasteiger partial charge >= 0.3 is 0 Å². The molecule has 0 atom stereocenters. The highest BCUT2D eigenvalue weighted by atomic mass is 32.2. The average molecular weight is 277 g/mol. The molecule has 3 heteroatoms. The summed E-state index contributed by atoms with van der Waals surface area (Å²) in [6.45, 7) is 9.68. The lowest BCUT2D eigenvalue weighted by Gasteiger charge is -2.37. The van der Waals surface area contributed by atoms with Gasteiger partial charge in [-0.25, -0.2) is 0 Å². The molecule has 1 fully saturated rings. The van der Waals surface area contributed by atoms with E-state index in [1.165, 1.54) is 11.3 Å². The number of aryl methyl sites for hydroxylation is 1. The van der Waals surface area contributed by atoms with Crippen LogP contribution in [0.1, 0.15) is 36.2 Å². The molecule has 1 aliphatic heterocycles. The van der Waals surface area contributed by atoms with Crippen molar-refractivity contribution in [3.8, 4) is 0 Å². The highest BCUT2D eigenvalue weighted by Gasteiger charge is 2.26. The van der Waals surface area contributed by atoms with E-state index in [1.54, 1.807) is 0 Å². The zero-order valence-electron chi connectivity index (χ0n) is 12.1. The third kappa shape index (κ3) is 4.36. The molecule has 1 aromatic carbocycles. The Kier molecular flexibility index (Phi) is 4.69. The first-order valence-corrected chi connectivity index (χ1v) is 7.91. The smallest absolute Gasteiger partial charge is 0.164 e. The second-order valence-electron chi connectivity index (χ2n) is 5.92. The van der Waals surface area contributed by atoms with Gasteiger partial charge in [0.05, 0.1) is 0 Å². The molecular weight excluding hydrogens is 254 g/mol. The highest BCUT2D eigenvalue weighted by molar-refractivity contribution is 8.00.